The molecule has 2 rings (SSSR count). The molecule has 3 nitrogen and oxygen atoms in total. The van der Waals surface area contributed by atoms with Gasteiger partial charge in [0, 0.05) is 35.0 Å². The second-order valence-electron chi connectivity index (χ2n) is 4.80. The predicted molar refractivity (Wildman–Crippen MR) is 88.3 cm³/mol. The lowest BCUT2D eigenvalue weighted by atomic mass is 10.1. The molecule has 0 saturated heterocycles. The number of Topliss-reactive ketones (excluding diaryl/α,β-unsaturated/α-hetero) is 1. The van der Waals surface area contributed by atoms with Crippen molar-refractivity contribution in [2.24, 2.45) is 0 Å². The number of halogens is 2. The van der Waals surface area contributed by atoms with E-state index in [1.807, 2.05) is 18.2 Å². The summed E-state index contributed by atoms with van der Waals surface area (Å²) in [5, 5.41) is 3.95. The Bertz CT molecular complexity index is 669. The summed E-state index contributed by atoms with van der Waals surface area (Å²) in [5.74, 6) is -0.258. The number of benzene rings is 2. The number of amides is 1. The van der Waals surface area contributed by atoms with Crippen LogP contribution in [0.25, 0.3) is 0 Å². The number of hydrogen-bond donors (Lipinski definition) is 1. The van der Waals surface area contributed by atoms with Gasteiger partial charge >= 0.3 is 0 Å². The van der Waals surface area contributed by atoms with Gasteiger partial charge in [-0.25, -0.2) is 0 Å². The molecule has 2 aromatic carbocycles. The van der Waals surface area contributed by atoms with Gasteiger partial charge < -0.3 is 5.32 Å². The second-order valence-corrected chi connectivity index (χ2v) is 5.64. The molecule has 0 aliphatic carbocycles. The third-order valence-corrected chi connectivity index (χ3v) is 3.80. The fourth-order valence-corrected chi connectivity index (χ4v) is 2.26. The summed E-state index contributed by atoms with van der Waals surface area (Å²) in [5.41, 5.74) is 1.41. The number of nitrogens with one attached hydrogen (secondary N) is 1. The van der Waals surface area contributed by atoms with E-state index in [1.54, 1.807) is 30.3 Å². The minimum absolute atomic E-state index is 0.0791. The molecule has 114 valence electrons. The Labute approximate surface area is 139 Å². The van der Waals surface area contributed by atoms with Crippen LogP contribution in [0.2, 0.25) is 10.0 Å². The van der Waals surface area contributed by atoms with Gasteiger partial charge in [0.2, 0.25) is 5.91 Å². The van der Waals surface area contributed by atoms with Crippen LogP contribution in [0.15, 0.2) is 48.5 Å². The van der Waals surface area contributed by atoms with Gasteiger partial charge in [-0.1, -0.05) is 41.4 Å². The van der Waals surface area contributed by atoms with Crippen LogP contribution in [0, 0.1) is 0 Å². The fourth-order valence-electron chi connectivity index (χ4n) is 1.93. The van der Waals surface area contributed by atoms with Crippen molar-refractivity contribution >= 4 is 34.9 Å². The van der Waals surface area contributed by atoms with E-state index in [2.05, 4.69) is 5.32 Å². The monoisotopic (exact) mass is 335 g/mol. The maximum absolute atomic E-state index is 11.9. The normalized spacial score (nSPS) is 10.3. The molecule has 0 unspecified atom stereocenters. The molecule has 0 fully saturated rings. The molecule has 22 heavy (non-hydrogen) atoms. The summed E-state index contributed by atoms with van der Waals surface area (Å²) in [4.78, 5) is 23.7. The summed E-state index contributed by atoms with van der Waals surface area (Å²) < 4.78 is 0. The van der Waals surface area contributed by atoms with Crippen LogP contribution < -0.4 is 5.32 Å². The summed E-state index contributed by atoms with van der Waals surface area (Å²) in [6.07, 6.45) is 0.307. The standard InChI is InChI=1S/C17H15Cl2NO2/c18-14-7-5-12(6-8-14)16(21)9-10-17(22)20-11-13-3-1-2-4-15(13)19/h1-8H,9-11H2,(H,20,22). The highest BCUT2D eigenvalue weighted by atomic mass is 35.5. The number of rotatable bonds is 6. The van der Waals surface area contributed by atoms with E-state index in [9.17, 15) is 9.59 Å². The van der Waals surface area contributed by atoms with Gasteiger partial charge in [-0.05, 0) is 35.9 Å². The number of hydrogen-bond acceptors (Lipinski definition) is 2. The highest BCUT2D eigenvalue weighted by molar-refractivity contribution is 6.31. The molecule has 0 heterocycles. The molecule has 0 atom stereocenters. The van der Waals surface area contributed by atoms with Gasteiger partial charge in [0.1, 0.15) is 0 Å². The van der Waals surface area contributed by atoms with Crippen LogP contribution >= 0.6 is 23.2 Å². The van der Waals surface area contributed by atoms with Crippen LogP contribution in [0.1, 0.15) is 28.8 Å². The van der Waals surface area contributed by atoms with E-state index in [4.69, 9.17) is 23.2 Å². The second kappa shape index (κ2) is 7.97. The van der Waals surface area contributed by atoms with Crippen LogP contribution in [-0.2, 0) is 11.3 Å². The molecule has 0 saturated carbocycles. The summed E-state index contributed by atoms with van der Waals surface area (Å²) >= 11 is 11.8. The van der Waals surface area contributed by atoms with E-state index in [-0.39, 0.29) is 24.5 Å². The average Bonchev–Trinajstić information content (AvgIpc) is 2.52. The highest BCUT2D eigenvalue weighted by Crippen LogP contribution is 2.15. The van der Waals surface area contributed by atoms with Crippen molar-refractivity contribution in [3.05, 3.63) is 69.7 Å². The SMILES string of the molecule is O=C(CCC(=O)c1ccc(Cl)cc1)NCc1ccccc1Cl. The smallest absolute Gasteiger partial charge is 0.220 e. The largest absolute Gasteiger partial charge is 0.352 e. The minimum atomic E-state index is -0.178. The quantitative estimate of drug-likeness (QED) is 0.801. The molecular formula is C17H15Cl2NO2. The number of carbonyl (C=O) groups is 2. The predicted octanol–water partition coefficient (Wildman–Crippen LogP) is 4.27. The third kappa shape index (κ3) is 4.86. The van der Waals surface area contributed by atoms with Gasteiger partial charge in [0.15, 0.2) is 5.78 Å². The molecule has 0 spiro atoms. The first kappa shape index (κ1) is 16.5. The topological polar surface area (TPSA) is 46.2 Å². The van der Waals surface area contributed by atoms with Crippen molar-refractivity contribution in [2.75, 3.05) is 0 Å². The van der Waals surface area contributed by atoms with Crippen LogP contribution in [0.4, 0.5) is 0 Å². The molecule has 1 amide bonds. The summed E-state index contributed by atoms with van der Waals surface area (Å²) in [7, 11) is 0. The Kier molecular flexibility index (Phi) is 5.99. The van der Waals surface area contributed by atoms with Crippen molar-refractivity contribution in [1.82, 2.24) is 5.32 Å². The number of carbonyl (C=O) groups excluding carboxylic acids is 2. The molecule has 5 heteroatoms. The van der Waals surface area contributed by atoms with Crippen molar-refractivity contribution < 1.29 is 9.59 Å². The Morgan fingerprint density at radius 1 is 0.909 bits per heavy atom. The molecule has 0 aliphatic rings. The van der Waals surface area contributed by atoms with Gasteiger partial charge in [-0.3, -0.25) is 9.59 Å². The van der Waals surface area contributed by atoms with Crippen molar-refractivity contribution in [3.63, 3.8) is 0 Å². The average molecular weight is 336 g/mol. The van der Waals surface area contributed by atoms with E-state index < -0.39 is 0 Å². The van der Waals surface area contributed by atoms with Gasteiger partial charge in [-0.15, -0.1) is 0 Å². The van der Waals surface area contributed by atoms with Crippen molar-refractivity contribution in [3.8, 4) is 0 Å². The van der Waals surface area contributed by atoms with Crippen molar-refractivity contribution in [1.29, 1.82) is 0 Å². The molecule has 1 N–H and O–H groups in total. The van der Waals surface area contributed by atoms with Crippen LogP contribution in [-0.4, -0.2) is 11.7 Å². The first-order valence-corrected chi connectivity index (χ1v) is 7.61. The lowest BCUT2D eigenvalue weighted by molar-refractivity contribution is -0.121. The molecule has 0 aliphatic heterocycles. The molecule has 0 bridgehead atoms. The maximum Gasteiger partial charge on any atom is 0.220 e. The Balaban J connectivity index is 1.79. The minimum Gasteiger partial charge on any atom is -0.352 e. The Morgan fingerprint density at radius 3 is 2.27 bits per heavy atom. The zero-order chi connectivity index (χ0) is 15.9. The fraction of sp³-hybridized carbons (Fsp3) is 0.176. The molecular weight excluding hydrogens is 321 g/mol. The van der Waals surface area contributed by atoms with Gasteiger partial charge in [-0.2, -0.15) is 0 Å². The van der Waals surface area contributed by atoms with E-state index in [0.29, 0.717) is 22.2 Å². The Hall–Kier alpha value is -1.84. The van der Waals surface area contributed by atoms with E-state index in [1.165, 1.54) is 0 Å². The lowest BCUT2D eigenvalue weighted by Crippen LogP contribution is -2.23. The van der Waals surface area contributed by atoms with E-state index >= 15 is 0 Å². The number of ketones is 1. The first-order chi connectivity index (χ1) is 10.6. The zero-order valence-electron chi connectivity index (χ0n) is 11.8. The summed E-state index contributed by atoms with van der Waals surface area (Å²) in [6, 6.07) is 13.9. The third-order valence-electron chi connectivity index (χ3n) is 3.18. The highest BCUT2D eigenvalue weighted by Gasteiger charge is 2.09. The van der Waals surface area contributed by atoms with Crippen LogP contribution in [0.3, 0.4) is 0 Å². The molecule has 0 aromatic heterocycles. The Morgan fingerprint density at radius 2 is 1.59 bits per heavy atom. The van der Waals surface area contributed by atoms with E-state index in [0.717, 1.165) is 5.56 Å². The molecule has 0 radical (unpaired) electrons. The van der Waals surface area contributed by atoms with Gasteiger partial charge in [0.25, 0.3) is 0 Å². The first-order valence-electron chi connectivity index (χ1n) is 6.85. The lowest BCUT2D eigenvalue weighted by Gasteiger charge is -2.07. The molecule has 2 aromatic rings. The zero-order valence-corrected chi connectivity index (χ0v) is 13.3. The van der Waals surface area contributed by atoms with Crippen LogP contribution in [0.5, 0.6) is 0 Å². The maximum atomic E-state index is 11.9. The van der Waals surface area contributed by atoms with Crippen molar-refractivity contribution in [2.45, 2.75) is 19.4 Å². The van der Waals surface area contributed by atoms with Gasteiger partial charge in [0.05, 0.1) is 0 Å². The summed E-state index contributed by atoms with van der Waals surface area (Å²) in [6.45, 7) is 0.355.